The van der Waals surface area contributed by atoms with Crippen LogP contribution in [-0.2, 0) is 6.42 Å². The first-order valence-corrected chi connectivity index (χ1v) is 4.87. The molecule has 1 heterocycles. The molecule has 1 aromatic rings. The number of nitrogens with zero attached hydrogens (tertiary/aromatic N) is 1. The van der Waals surface area contributed by atoms with Crippen LogP contribution in [0.15, 0.2) is 18.3 Å². The maximum atomic E-state index is 7.41. The zero-order valence-corrected chi connectivity index (χ0v) is 8.93. The van der Waals surface area contributed by atoms with Gasteiger partial charge in [0, 0.05) is 6.42 Å². The number of nitrogens with one attached hydrogen (secondary N) is 2. The number of aromatic amines is 1. The van der Waals surface area contributed by atoms with Crippen LogP contribution in [0.3, 0.4) is 0 Å². The summed E-state index contributed by atoms with van der Waals surface area (Å²) in [6.45, 7) is 5.47. The van der Waals surface area contributed by atoms with Crippen molar-refractivity contribution in [1.82, 2.24) is 9.97 Å². The van der Waals surface area contributed by atoms with Crippen molar-refractivity contribution < 1.29 is 0 Å². The predicted molar refractivity (Wildman–Crippen MR) is 62.0 cm³/mol. The third kappa shape index (κ3) is 3.43. The monoisotopic (exact) mass is 201 g/mol. The zero-order valence-electron chi connectivity index (χ0n) is 8.93. The summed E-state index contributed by atoms with van der Waals surface area (Å²) < 4.78 is 0. The van der Waals surface area contributed by atoms with Crippen LogP contribution in [0.5, 0.6) is 0 Å². The minimum Gasteiger partial charge on any atom is -0.341 e. The fourth-order valence-corrected chi connectivity index (χ4v) is 1.22. The number of aromatic nitrogens is 2. The molecule has 15 heavy (non-hydrogen) atoms. The minimum atomic E-state index is 0.502. The third-order valence-corrected chi connectivity index (χ3v) is 2.13. The first-order chi connectivity index (χ1) is 7.13. The van der Waals surface area contributed by atoms with Gasteiger partial charge in [-0.25, -0.2) is 4.98 Å². The van der Waals surface area contributed by atoms with Gasteiger partial charge in [-0.15, -0.1) is 6.42 Å². The molecule has 0 aromatic carbocycles. The Hall–Kier alpha value is -1.82. The molecule has 78 valence electrons. The second-order valence-electron chi connectivity index (χ2n) is 3.47. The Bertz CT molecular complexity index is 407. The van der Waals surface area contributed by atoms with E-state index in [2.05, 4.69) is 22.5 Å². The quantitative estimate of drug-likeness (QED) is 0.557. The van der Waals surface area contributed by atoms with E-state index in [9.17, 15) is 0 Å². The maximum Gasteiger partial charge on any atom is 0.106 e. The number of allylic oxidation sites excluding steroid dienone is 1. The van der Waals surface area contributed by atoms with Crippen LogP contribution in [0.1, 0.15) is 31.3 Å². The van der Waals surface area contributed by atoms with Gasteiger partial charge >= 0.3 is 0 Å². The summed E-state index contributed by atoms with van der Waals surface area (Å²) in [5.74, 6) is 3.42. The molecule has 0 bridgehead atoms. The smallest absolute Gasteiger partial charge is 0.106 e. The number of hydrogen-bond donors (Lipinski definition) is 2. The molecule has 3 heteroatoms. The molecule has 0 atom stereocenters. The van der Waals surface area contributed by atoms with Crippen LogP contribution < -0.4 is 0 Å². The Balaban J connectivity index is 2.42. The molecule has 0 aliphatic carbocycles. The van der Waals surface area contributed by atoms with Gasteiger partial charge < -0.3 is 10.4 Å². The van der Waals surface area contributed by atoms with Gasteiger partial charge in [-0.05, 0) is 25.3 Å². The van der Waals surface area contributed by atoms with Gasteiger partial charge in [-0.1, -0.05) is 12.5 Å². The number of hydrogen-bond acceptors (Lipinski definition) is 2. The van der Waals surface area contributed by atoms with Gasteiger partial charge in [0.15, 0.2) is 0 Å². The Morgan fingerprint density at radius 3 is 3.00 bits per heavy atom. The van der Waals surface area contributed by atoms with Crippen LogP contribution in [0.4, 0.5) is 0 Å². The summed E-state index contributed by atoms with van der Waals surface area (Å²) in [5, 5.41) is 7.41. The number of H-pyrrole nitrogens is 1. The van der Waals surface area contributed by atoms with E-state index in [0.717, 1.165) is 36.4 Å². The molecule has 0 aliphatic rings. The van der Waals surface area contributed by atoms with E-state index in [1.165, 1.54) is 0 Å². The molecule has 0 spiro atoms. The average molecular weight is 201 g/mol. The van der Waals surface area contributed by atoms with Crippen molar-refractivity contribution in [1.29, 1.82) is 5.41 Å². The van der Waals surface area contributed by atoms with E-state index in [1.54, 1.807) is 13.1 Å². The van der Waals surface area contributed by atoms with Gasteiger partial charge in [-0.3, -0.25) is 0 Å². The highest BCUT2D eigenvalue weighted by molar-refractivity contribution is 5.94. The lowest BCUT2D eigenvalue weighted by molar-refractivity contribution is 0.789. The van der Waals surface area contributed by atoms with Crippen LogP contribution in [0, 0.1) is 17.8 Å². The van der Waals surface area contributed by atoms with E-state index < -0.39 is 0 Å². The second-order valence-corrected chi connectivity index (χ2v) is 3.47. The first kappa shape index (κ1) is 11.3. The highest BCUT2D eigenvalue weighted by Crippen LogP contribution is 2.06. The average Bonchev–Trinajstić information content (AvgIpc) is 2.66. The van der Waals surface area contributed by atoms with Gasteiger partial charge in [0.1, 0.15) is 5.82 Å². The summed E-state index contributed by atoms with van der Waals surface area (Å²) in [4.78, 5) is 7.27. The molecule has 3 nitrogen and oxygen atoms in total. The largest absolute Gasteiger partial charge is 0.341 e. The number of terminal acetylenes is 1. The standard InChI is InChI=1S/C12H15N3/c1-4-9(2)6-5-7-12-14-8-11(15-12)10(3)13/h1,8,13H,2,5-7H2,3H3,(H,14,15). The third-order valence-electron chi connectivity index (χ3n) is 2.13. The van der Waals surface area contributed by atoms with Crippen molar-refractivity contribution in [2.75, 3.05) is 0 Å². The minimum absolute atomic E-state index is 0.502. The number of aryl methyl sites for hydroxylation is 1. The van der Waals surface area contributed by atoms with E-state index in [1.807, 2.05) is 0 Å². The summed E-state index contributed by atoms with van der Waals surface area (Å²) in [7, 11) is 0. The summed E-state index contributed by atoms with van der Waals surface area (Å²) in [5.41, 5.74) is 2.10. The highest BCUT2D eigenvalue weighted by atomic mass is 14.9. The van der Waals surface area contributed by atoms with Crippen LogP contribution >= 0.6 is 0 Å². The van der Waals surface area contributed by atoms with E-state index in [-0.39, 0.29) is 0 Å². The summed E-state index contributed by atoms with van der Waals surface area (Å²) in [6.07, 6.45) is 9.49. The topological polar surface area (TPSA) is 52.5 Å². The van der Waals surface area contributed by atoms with Crippen LogP contribution in [0.2, 0.25) is 0 Å². The van der Waals surface area contributed by atoms with Crippen molar-refractivity contribution in [3.63, 3.8) is 0 Å². The zero-order chi connectivity index (χ0) is 11.3. The van der Waals surface area contributed by atoms with Crippen LogP contribution in [-0.4, -0.2) is 15.7 Å². The molecule has 0 saturated heterocycles. The van der Waals surface area contributed by atoms with Crippen LogP contribution in [0.25, 0.3) is 0 Å². The lowest BCUT2D eigenvalue weighted by Gasteiger charge is -1.97. The van der Waals surface area contributed by atoms with E-state index in [4.69, 9.17) is 11.8 Å². The Morgan fingerprint density at radius 2 is 2.47 bits per heavy atom. The molecular weight excluding hydrogens is 186 g/mol. The molecule has 0 radical (unpaired) electrons. The molecule has 0 unspecified atom stereocenters. The van der Waals surface area contributed by atoms with Gasteiger partial charge in [0.2, 0.25) is 0 Å². The second kappa shape index (κ2) is 5.16. The molecule has 0 aliphatic heterocycles. The highest BCUT2D eigenvalue weighted by Gasteiger charge is 2.01. The van der Waals surface area contributed by atoms with Gasteiger partial charge in [0.25, 0.3) is 0 Å². The van der Waals surface area contributed by atoms with Gasteiger partial charge in [-0.2, -0.15) is 0 Å². The molecule has 0 fully saturated rings. The fraction of sp³-hybridized carbons (Fsp3) is 0.333. The predicted octanol–water partition coefficient (Wildman–Crippen LogP) is 2.31. The fourth-order valence-electron chi connectivity index (χ4n) is 1.22. The van der Waals surface area contributed by atoms with Crippen molar-refractivity contribution >= 4 is 5.71 Å². The first-order valence-electron chi connectivity index (χ1n) is 4.87. The van der Waals surface area contributed by atoms with Crippen molar-refractivity contribution in [3.05, 3.63) is 29.9 Å². The van der Waals surface area contributed by atoms with E-state index in [0.29, 0.717) is 5.71 Å². The summed E-state index contributed by atoms with van der Waals surface area (Å²) >= 11 is 0. The number of rotatable bonds is 5. The molecular formula is C12H15N3. The van der Waals surface area contributed by atoms with Crippen molar-refractivity contribution in [2.24, 2.45) is 0 Å². The van der Waals surface area contributed by atoms with Gasteiger partial charge in [0.05, 0.1) is 17.6 Å². The lowest BCUT2D eigenvalue weighted by atomic mass is 10.1. The molecule has 1 aromatic heterocycles. The molecule has 0 amide bonds. The SMILES string of the molecule is C#CC(=C)CCCc1ncc(C(C)=N)[nH]1. The molecule has 2 N–H and O–H groups in total. The Morgan fingerprint density at radius 1 is 1.73 bits per heavy atom. The van der Waals surface area contributed by atoms with Crippen molar-refractivity contribution in [2.45, 2.75) is 26.2 Å². The molecule has 1 rings (SSSR count). The van der Waals surface area contributed by atoms with E-state index >= 15 is 0 Å². The summed E-state index contributed by atoms with van der Waals surface area (Å²) in [6, 6.07) is 0. The normalized spacial score (nSPS) is 9.60. The molecule has 0 saturated carbocycles. The Labute approximate surface area is 90.1 Å². The number of imidazole rings is 1. The van der Waals surface area contributed by atoms with Crippen molar-refractivity contribution in [3.8, 4) is 12.3 Å². The Kier molecular flexibility index (Phi) is 3.87. The lowest BCUT2D eigenvalue weighted by Crippen LogP contribution is -1.93. The maximum absolute atomic E-state index is 7.41.